The monoisotopic (exact) mass is 269 g/mol. The summed E-state index contributed by atoms with van der Waals surface area (Å²) in [7, 11) is 0. The zero-order valence-corrected chi connectivity index (χ0v) is 10.6. The molecule has 0 aliphatic rings. The van der Waals surface area contributed by atoms with Crippen LogP contribution >= 0.6 is 0 Å². The third-order valence-electron chi connectivity index (χ3n) is 2.70. The molecule has 6 nitrogen and oxygen atoms in total. The van der Waals surface area contributed by atoms with Crippen molar-refractivity contribution in [2.45, 2.75) is 25.7 Å². The number of unbranched alkanes of at least 4 members (excludes halogenated alkanes) is 3. The Kier molecular flexibility index (Phi) is 5.95. The molecule has 1 aromatic carbocycles. The van der Waals surface area contributed by atoms with Crippen molar-refractivity contribution in [3.8, 4) is 17.2 Å². The molecule has 0 fully saturated rings. The first-order chi connectivity index (χ1) is 9.06. The van der Waals surface area contributed by atoms with Gasteiger partial charge in [-0.1, -0.05) is 12.8 Å². The lowest BCUT2D eigenvalue weighted by molar-refractivity contribution is 0.0952. The second-order valence-electron chi connectivity index (χ2n) is 4.26. The van der Waals surface area contributed by atoms with Crippen LogP contribution in [0.25, 0.3) is 0 Å². The molecule has 0 spiro atoms. The van der Waals surface area contributed by atoms with Gasteiger partial charge in [0.05, 0.1) is 0 Å². The maximum atomic E-state index is 11.7. The summed E-state index contributed by atoms with van der Waals surface area (Å²) in [4.78, 5) is 11.7. The number of phenolic OH excluding ortho intramolecular Hbond substituents is 3. The van der Waals surface area contributed by atoms with Crippen LogP contribution in [0.15, 0.2) is 12.1 Å². The third-order valence-corrected chi connectivity index (χ3v) is 2.70. The van der Waals surface area contributed by atoms with E-state index in [9.17, 15) is 15.0 Å². The first-order valence-electron chi connectivity index (χ1n) is 6.20. The molecule has 0 heterocycles. The topological polar surface area (TPSA) is 110 Å². The second-order valence-corrected chi connectivity index (χ2v) is 4.26. The molecular formula is C13H19NO5. The Bertz CT molecular complexity index is 410. The van der Waals surface area contributed by atoms with E-state index in [2.05, 4.69) is 5.32 Å². The summed E-state index contributed by atoms with van der Waals surface area (Å²) in [6, 6.07) is 2.19. The van der Waals surface area contributed by atoms with Gasteiger partial charge in [0.15, 0.2) is 17.2 Å². The number of aliphatic hydroxyl groups excluding tert-OH is 1. The average molecular weight is 269 g/mol. The van der Waals surface area contributed by atoms with Crippen molar-refractivity contribution in [1.29, 1.82) is 0 Å². The standard InChI is InChI=1S/C13H19NO5/c15-6-4-2-1-3-5-14-13(19)9-7-10(16)12(18)11(17)8-9/h7-8,15-18H,1-6H2,(H,14,19). The SMILES string of the molecule is O=C(NCCCCCCO)c1cc(O)c(O)c(O)c1. The van der Waals surface area contributed by atoms with E-state index >= 15 is 0 Å². The van der Waals surface area contributed by atoms with E-state index in [1.54, 1.807) is 0 Å². The number of nitrogens with one attached hydrogen (secondary N) is 1. The number of hydrogen-bond acceptors (Lipinski definition) is 5. The molecule has 1 rings (SSSR count). The number of amides is 1. The first kappa shape index (κ1) is 15.1. The van der Waals surface area contributed by atoms with Crippen LogP contribution in [0.2, 0.25) is 0 Å². The van der Waals surface area contributed by atoms with Crippen molar-refractivity contribution in [3.05, 3.63) is 17.7 Å². The van der Waals surface area contributed by atoms with Gasteiger partial charge in [-0.3, -0.25) is 4.79 Å². The van der Waals surface area contributed by atoms with E-state index in [1.165, 1.54) is 0 Å². The van der Waals surface area contributed by atoms with Crippen LogP contribution in [0.4, 0.5) is 0 Å². The Morgan fingerprint density at radius 3 is 2.16 bits per heavy atom. The summed E-state index contributed by atoms with van der Waals surface area (Å²) in [5.74, 6) is -2.13. The number of aliphatic hydroxyl groups is 1. The lowest BCUT2D eigenvalue weighted by atomic mass is 10.1. The van der Waals surface area contributed by atoms with E-state index in [1.807, 2.05) is 0 Å². The Morgan fingerprint density at radius 1 is 1.00 bits per heavy atom. The predicted molar refractivity (Wildman–Crippen MR) is 69.3 cm³/mol. The molecule has 106 valence electrons. The van der Waals surface area contributed by atoms with Gasteiger partial charge < -0.3 is 25.7 Å². The zero-order chi connectivity index (χ0) is 14.3. The van der Waals surface area contributed by atoms with Gasteiger partial charge in [0, 0.05) is 18.7 Å². The fourth-order valence-corrected chi connectivity index (χ4v) is 1.63. The maximum absolute atomic E-state index is 11.7. The molecule has 0 atom stereocenters. The molecule has 1 aromatic rings. The van der Waals surface area contributed by atoms with Gasteiger partial charge >= 0.3 is 0 Å². The third kappa shape index (κ3) is 4.67. The summed E-state index contributed by atoms with van der Waals surface area (Å²) >= 11 is 0. The van der Waals surface area contributed by atoms with Crippen molar-refractivity contribution in [2.24, 2.45) is 0 Å². The number of phenols is 3. The largest absolute Gasteiger partial charge is 0.504 e. The molecule has 19 heavy (non-hydrogen) atoms. The van der Waals surface area contributed by atoms with Gasteiger partial charge in [0.25, 0.3) is 5.91 Å². The minimum absolute atomic E-state index is 0.0863. The number of carbonyl (C=O) groups excluding carboxylic acids is 1. The minimum atomic E-state index is -0.638. The van der Waals surface area contributed by atoms with E-state index in [4.69, 9.17) is 10.2 Å². The van der Waals surface area contributed by atoms with Gasteiger partial charge in [-0.2, -0.15) is 0 Å². The first-order valence-corrected chi connectivity index (χ1v) is 6.20. The zero-order valence-electron chi connectivity index (χ0n) is 10.6. The highest BCUT2D eigenvalue weighted by atomic mass is 16.3. The molecular weight excluding hydrogens is 250 g/mol. The Labute approximate surface area is 111 Å². The fourth-order valence-electron chi connectivity index (χ4n) is 1.63. The number of benzene rings is 1. The van der Waals surface area contributed by atoms with Crippen molar-refractivity contribution in [1.82, 2.24) is 5.32 Å². The van der Waals surface area contributed by atoms with Crippen LogP contribution in [0, 0.1) is 0 Å². The van der Waals surface area contributed by atoms with Crippen molar-refractivity contribution in [3.63, 3.8) is 0 Å². The number of aromatic hydroxyl groups is 3. The molecule has 5 N–H and O–H groups in total. The van der Waals surface area contributed by atoms with Gasteiger partial charge in [-0.15, -0.1) is 0 Å². The van der Waals surface area contributed by atoms with Gasteiger partial charge in [0.1, 0.15) is 0 Å². The number of hydrogen-bond donors (Lipinski definition) is 5. The minimum Gasteiger partial charge on any atom is -0.504 e. The number of carbonyl (C=O) groups is 1. The lowest BCUT2D eigenvalue weighted by Crippen LogP contribution is -2.24. The van der Waals surface area contributed by atoms with Crippen LogP contribution in [-0.4, -0.2) is 39.5 Å². The van der Waals surface area contributed by atoms with Gasteiger partial charge in [-0.05, 0) is 25.0 Å². The highest BCUT2D eigenvalue weighted by molar-refractivity contribution is 5.95. The Morgan fingerprint density at radius 2 is 1.58 bits per heavy atom. The van der Waals surface area contributed by atoms with Crippen LogP contribution in [0.3, 0.4) is 0 Å². The highest BCUT2D eigenvalue weighted by Crippen LogP contribution is 2.35. The smallest absolute Gasteiger partial charge is 0.251 e. The van der Waals surface area contributed by atoms with Crippen LogP contribution in [0.1, 0.15) is 36.0 Å². The second kappa shape index (κ2) is 7.48. The van der Waals surface area contributed by atoms with Gasteiger partial charge in [0.2, 0.25) is 0 Å². The molecule has 0 aliphatic heterocycles. The van der Waals surface area contributed by atoms with E-state index in [0.717, 1.165) is 37.8 Å². The molecule has 1 amide bonds. The van der Waals surface area contributed by atoms with Crippen molar-refractivity contribution < 1.29 is 25.2 Å². The highest BCUT2D eigenvalue weighted by Gasteiger charge is 2.12. The number of rotatable bonds is 7. The van der Waals surface area contributed by atoms with Crippen LogP contribution in [-0.2, 0) is 0 Å². The molecule has 6 heteroatoms. The van der Waals surface area contributed by atoms with E-state index < -0.39 is 23.2 Å². The summed E-state index contributed by atoms with van der Waals surface area (Å²) in [6.45, 7) is 0.658. The Balaban J connectivity index is 2.42. The normalized spacial score (nSPS) is 10.4. The molecule has 0 unspecified atom stereocenters. The summed E-state index contributed by atoms with van der Waals surface area (Å²) in [6.07, 6.45) is 3.37. The van der Waals surface area contributed by atoms with E-state index in [-0.39, 0.29) is 12.2 Å². The Hall–Kier alpha value is -1.95. The van der Waals surface area contributed by atoms with Crippen LogP contribution in [0.5, 0.6) is 17.2 Å². The summed E-state index contributed by atoms with van der Waals surface area (Å²) in [5.41, 5.74) is 0.0863. The fraction of sp³-hybridized carbons (Fsp3) is 0.462. The van der Waals surface area contributed by atoms with E-state index in [0.29, 0.717) is 6.54 Å². The molecule has 0 saturated carbocycles. The van der Waals surface area contributed by atoms with Crippen LogP contribution < -0.4 is 5.32 Å². The van der Waals surface area contributed by atoms with Crippen molar-refractivity contribution in [2.75, 3.05) is 13.2 Å². The lowest BCUT2D eigenvalue weighted by Gasteiger charge is -2.07. The molecule has 0 bridgehead atoms. The summed E-state index contributed by atoms with van der Waals surface area (Å²) in [5, 5.41) is 39.0. The van der Waals surface area contributed by atoms with Crippen molar-refractivity contribution >= 4 is 5.91 Å². The molecule has 0 saturated heterocycles. The molecule has 0 aliphatic carbocycles. The molecule has 0 radical (unpaired) electrons. The summed E-state index contributed by atoms with van der Waals surface area (Å²) < 4.78 is 0. The quantitative estimate of drug-likeness (QED) is 0.376. The average Bonchev–Trinajstić information content (AvgIpc) is 2.39. The maximum Gasteiger partial charge on any atom is 0.251 e. The predicted octanol–water partition coefficient (Wildman–Crippen LogP) is 1.09. The van der Waals surface area contributed by atoms with Gasteiger partial charge in [-0.25, -0.2) is 0 Å². The molecule has 0 aromatic heterocycles.